The number of esters is 2. The molecule has 1 N–H and O–H groups in total. The number of methoxy groups -OCH3 is 1. The van der Waals surface area contributed by atoms with Crippen molar-refractivity contribution in [2.45, 2.75) is 46.3 Å². The molecular weight excluding hydrogens is 519 g/mol. The Morgan fingerprint density at radius 3 is 2.38 bits per heavy atom. The standard InChI is InChI=1S/C19H21BrF3N3O5S/c1-6-7-31-17(28)11-8(2)13(18(29)30-5)32-16(11)24-15(27)10(4)26-9(3)12(20)14(25-26)19(21,22)23/h10H,6-7H2,1-5H3,(H,24,27). The average molecular weight is 540 g/mol. The number of ether oxygens (including phenoxy) is 2. The maximum absolute atomic E-state index is 13.2. The van der Waals surface area contributed by atoms with Gasteiger partial charge < -0.3 is 14.8 Å². The number of carbonyl (C=O) groups excluding carboxylic acids is 3. The minimum atomic E-state index is -4.71. The van der Waals surface area contributed by atoms with Gasteiger partial charge in [-0.25, -0.2) is 9.59 Å². The highest BCUT2D eigenvalue weighted by Gasteiger charge is 2.39. The predicted octanol–water partition coefficient (Wildman–Crippen LogP) is 4.90. The van der Waals surface area contributed by atoms with Gasteiger partial charge in [-0.2, -0.15) is 18.3 Å². The summed E-state index contributed by atoms with van der Waals surface area (Å²) in [6.07, 6.45) is -4.14. The second kappa shape index (κ2) is 10.0. The molecule has 32 heavy (non-hydrogen) atoms. The number of amides is 1. The van der Waals surface area contributed by atoms with Crippen molar-refractivity contribution in [3.05, 3.63) is 31.9 Å². The lowest BCUT2D eigenvalue weighted by atomic mass is 10.1. The first-order chi connectivity index (χ1) is 14.8. The number of nitrogens with zero attached hydrogens (tertiary/aromatic N) is 2. The summed E-state index contributed by atoms with van der Waals surface area (Å²) in [5.74, 6) is -2.18. The van der Waals surface area contributed by atoms with Gasteiger partial charge in [0.1, 0.15) is 15.9 Å². The molecule has 0 saturated carbocycles. The highest BCUT2D eigenvalue weighted by molar-refractivity contribution is 9.10. The number of hydrogen-bond donors (Lipinski definition) is 1. The Hall–Kier alpha value is -2.41. The summed E-state index contributed by atoms with van der Waals surface area (Å²) >= 11 is 3.68. The van der Waals surface area contributed by atoms with Crippen molar-refractivity contribution in [3.63, 3.8) is 0 Å². The number of thiophene rings is 1. The summed E-state index contributed by atoms with van der Waals surface area (Å²) in [5.41, 5.74) is -0.805. The van der Waals surface area contributed by atoms with Crippen molar-refractivity contribution in [2.75, 3.05) is 19.0 Å². The predicted molar refractivity (Wildman–Crippen MR) is 114 cm³/mol. The van der Waals surface area contributed by atoms with Crippen LogP contribution in [-0.2, 0) is 20.4 Å². The van der Waals surface area contributed by atoms with Gasteiger partial charge in [0, 0.05) is 0 Å². The summed E-state index contributed by atoms with van der Waals surface area (Å²) in [7, 11) is 1.17. The van der Waals surface area contributed by atoms with Crippen molar-refractivity contribution >= 4 is 50.1 Å². The summed E-state index contributed by atoms with van der Waals surface area (Å²) in [4.78, 5) is 37.5. The van der Waals surface area contributed by atoms with Crippen LogP contribution in [-0.4, -0.2) is 41.3 Å². The highest BCUT2D eigenvalue weighted by atomic mass is 79.9. The molecule has 2 aromatic heterocycles. The number of halogens is 4. The lowest BCUT2D eigenvalue weighted by Crippen LogP contribution is -2.26. The molecule has 2 heterocycles. The fourth-order valence-corrected chi connectivity index (χ4v) is 4.39. The van der Waals surface area contributed by atoms with Crippen molar-refractivity contribution < 1.29 is 37.0 Å². The third-order valence-electron chi connectivity index (χ3n) is 4.49. The van der Waals surface area contributed by atoms with E-state index in [4.69, 9.17) is 9.47 Å². The van der Waals surface area contributed by atoms with Gasteiger partial charge in [-0.15, -0.1) is 11.3 Å². The molecule has 0 aliphatic carbocycles. The Morgan fingerprint density at radius 2 is 1.88 bits per heavy atom. The first-order valence-electron chi connectivity index (χ1n) is 9.36. The molecule has 0 fully saturated rings. The summed E-state index contributed by atoms with van der Waals surface area (Å²) < 4.78 is 50.0. The van der Waals surface area contributed by atoms with Gasteiger partial charge in [-0.05, 0) is 48.7 Å². The molecule has 176 valence electrons. The van der Waals surface area contributed by atoms with Crippen LogP contribution in [0.15, 0.2) is 4.47 Å². The molecule has 8 nitrogen and oxygen atoms in total. The zero-order chi connectivity index (χ0) is 24.4. The number of aromatic nitrogens is 2. The van der Waals surface area contributed by atoms with Gasteiger partial charge in [0.2, 0.25) is 5.91 Å². The fourth-order valence-electron chi connectivity index (χ4n) is 2.79. The van der Waals surface area contributed by atoms with Gasteiger partial charge in [-0.1, -0.05) is 6.92 Å². The van der Waals surface area contributed by atoms with Crippen LogP contribution in [0.2, 0.25) is 0 Å². The van der Waals surface area contributed by atoms with E-state index >= 15 is 0 Å². The molecule has 0 bridgehead atoms. The van der Waals surface area contributed by atoms with Crippen LogP contribution in [0.4, 0.5) is 18.2 Å². The van der Waals surface area contributed by atoms with Crippen LogP contribution in [0, 0.1) is 13.8 Å². The van der Waals surface area contributed by atoms with Crippen molar-refractivity contribution in [1.82, 2.24) is 9.78 Å². The number of rotatable bonds is 7. The Labute approximate surface area is 194 Å². The van der Waals surface area contributed by atoms with E-state index in [2.05, 4.69) is 26.3 Å². The summed E-state index contributed by atoms with van der Waals surface area (Å²) in [6, 6.07) is -1.16. The van der Waals surface area contributed by atoms with E-state index in [1.54, 1.807) is 6.92 Å². The van der Waals surface area contributed by atoms with Crippen molar-refractivity contribution in [3.8, 4) is 0 Å². The number of hydrogen-bond acceptors (Lipinski definition) is 7. The molecule has 0 saturated heterocycles. The fraction of sp³-hybridized carbons (Fsp3) is 0.474. The Kier molecular flexibility index (Phi) is 8.10. The first kappa shape index (κ1) is 25.8. The van der Waals surface area contributed by atoms with E-state index in [0.29, 0.717) is 6.42 Å². The van der Waals surface area contributed by atoms with E-state index in [9.17, 15) is 27.6 Å². The van der Waals surface area contributed by atoms with Crippen LogP contribution in [0.25, 0.3) is 0 Å². The molecule has 0 aliphatic heterocycles. The Bertz CT molecular complexity index is 1050. The van der Waals surface area contributed by atoms with Gasteiger partial charge in [-0.3, -0.25) is 9.48 Å². The summed E-state index contributed by atoms with van der Waals surface area (Å²) in [6.45, 7) is 6.19. The number of anilines is 1. The number of carbonyl (C=O) groups is 3. The molecule has 13 heteroatoms. The van der Waals surface area contributed by atoms with E-state index in [0.717, 1.165) is 16.0 Å². The Morgan fingerprint density at radius 1 is 1.25 bits per heavy atom. The van der Waals surface area contributed by atoms with Crippen molar-refractivity contribution in [1.29, 1.82) is 0 Å². The molecule has 2 rings (SSSR count). The molecular formula is C19H21BrF3N3O5S. The van der Waals surface area contributed by atoms with Crippen LogP contribution in [0.1, 0.15) is 63.3 Å². The monoisotopic (exact) mass is 539 g/mol. The second-order valence-corrected chi connectivity index (χ2v) is 8.56. The maximum Gasteiger partial charge on any atom is 0.436 e. The van der Waals surface area contributed by atoms with E-state index in [1.807, 2.05) is 0 Å². The quantitative estimate of drug-likeness (QED) is 0.502. The molecule has 2 aromatic rings. The van der Waals surface area contributed by atoms with Crippen LogP contribution >= 0.6 is 27.3 Å². The van der Waals surface area contributed by atoms with Gasteiger partial charge in [0.25, 0.3) is 0 Å². The van der Waals surface area contributed by atoms with Gasteiger partial charge >= 0.3 is 18.1 Å². The molecule has 0 radical (unpaired) electrons. The second-order valence-electron chi connectivity index (χ2n) is 6.74. The number of nitrogens with one attached hydrogen (secondary N) is 1. The highest BCUT2D eigenvalue weighted by Crippen LogP contribution is 2.37. The van der Waals surface area contributed by atoms with E-state index < -0.39 is 35.8 Å². The molecule has 1 amide bonds. The van der Waals surface area contributed by atoms with Gasteiger partial charge in [0.05, 0.1) is 29.4 Å². The zero-order valence-corrected chi connectivity index (χ0v) is 20.2. The average Bonchev–Trinajstić information content (AvgIpc) is 3.21. The van der Waals surface area contributed by atoms with Crippen molar-refractivity contribution in [2.24, 2.45) is 0 Å². The summed E-state index contributed by atoms with van der Waals surface area (Å²) in [5, 5.41) is 6.07. The molecule has 0 spiro atoms. The topological polar surface area (TPSA) is 99.5 Å². The zero-order valence-electron chi connectivity index (χ0n) is 17.8. The first-order valence-corrected chi connectivity index (χ1v) is 11.0. The van der Waals surface area contributed by atoms with Crippen LogP contribution < -0.4 is 5.32 Å². The maximum atomic E-state index is 13.2. The third kappa shape index (κ3) is 5.14. The SMILES string of the molecule is CCCOC(=O)c1c(NC(=O)C(C)n2nc(C(F)(F)F)c(Br)c2C)sc(C(=O)OC)c1C. The minimum Gasteiger partial charge on any atom is -0.465 e. The smallest absolute Gasteiger partial charge is 0.436 e. The minimum absolute atomic E-state index is 0.0150. The van der Waals surface area contributed by atoms with Crippen LogP contribution in [0.3, 0.4) is 0 Å². The lowest BCUT2D eigenvalue weighted by Gasteiger charge is -2.15. The molecule has 0 aliphatic rings. The molecule has 0 aromatic carbocycles. The molecule has 1 atom stereocenters. The normalized spacial score (nSPS) is 12.4. The lowest BCUT2D eigenvalue weighted by molar-refractivity contribution is -0.142. The number of alkyl halides is 3. The third-order valence-corrected chi connectivity index (χ3v) is 6.62. The molecule has 1 unspecified atom stereocenters. The van der Waals surface area contributed by atoms with Crippen LogP contribution in [0.5, 0.6) is 0 Å². The largest absolute Gasteiger partial charge is 0.465 e. The Balaban J connectivity index is 2.42. The van der Waals surface area contributed by atoms with E-state index in [-0.39, 0.29) is 37.8 Å². The van der Waals surface area contributed by atoms with Gasteiger partial charge in [0.15, 0.2) is 5.69 Å². The van der Waals surface area contributed by atoms with E-state index in [1.165, 1.54) is 27.9 Å².